The van der Waals surface area contributed by atoms with Crippen molar-refractivity contribution < 1.29 is 24.2 Å². The molecule has 6 heteroatoms. The number of carbonyl (C=O) groups is 2. The molecule has 0 amide bonds. The summed E-state index contributed by atoms with van der Waals surface area (Å²) in [6, 6.07) is 9.22. The van der Waals surface area contributed by atoms with Gasteiger partial charge in [0, 0.05) is 0 Å². The molecule has 6 nitrogen and oxygen atoms in total. The first-order chi connectivity index (χ1) is 10.0. The zero-order chi connectivity index (χ0) is 15.8. The van der Waals surface area contributed by atoms with Gasteiger partial charge in [0.25, 0.3) is 5.78 Å². The van der Waals surface area contributed by atoms with Crippen LogP contribution in [0.25, 0.3) is 11.6 Å². The van der Waals surface area contributed by atoms with E-state index in [4.69, 9.17) is 5.53 Å². The largest absolute Gasteiger partial charge is 0.460 e. The Morgan fingerprint density at radius 3 is 2.48 bits per heavy atom. The van der Waals surface area contributed by atoms with Gasteiger partial charge in [0.2, 0.25) is 0 Å². The molecule has 110 valence electrons. The number of benzene rings is 1. The Kier molecular flexibility index (Phi) is 6.20. The predicted molar refractivity (Wildman–Crippen MR) is 76.3 cm³/mol. The molecule has 0 bridgehead atoms. The van der Waals surface area contributed by atoms with Gasteiger partial charge < -0.3 is 15.4 Å². The first-order valence-corrected chi connectivity index (χ1v) is 6.27. The molecule has 0 aliphatic rings. The molecule has 0 aliphatic carbocycles. The van der Waals surface area contributed by atoms with Crippen molar-refractivity contribution in [2.75, 3.05) is 7.11 Å². The first kappa shape index (κ1) is 16.5. The second-order valence-corrected chi connectivity index (χ2v) is 4.35. The third-order valence-electron chi connectivity index (χ3n) is 2.92. The van der Waals surface area contributed by atoms with E-state index in [1.807, 2.05) is 30.3 Å². The molecule has 2 atom stereocenters. The van der Waals surface area contributed by atoms with Crippen molar-refractivity contribution in [2.45, 2.75) is 13.0 Å². The minimum Gasteiger partial charge on any atom is -0.460 e. The van der Waals surface area contributed by atoms with Gasteiger partial charge in [-0.15, -0.1) is 0 Å². The maximum absolute atomic E-state index is 11.9. The van der Waals surface area contributed by atoms with Gasteiger partial charge in [-0.1, -0.05) is 49.4 Å². The molecule has 0 aliphatic heterocycles. The number of Topliss-reactive ketones (excluding diaryl/α,β-unsaturated/α-hetero) is 1. The predicted octanol–water partition coefficient (Wildman–Crippen LogP) is 1.11. The van der Waals surface area contributed by atoms with Gasteiger partial charge in [-0.25, -0.2) is 4.79 Å². The Balaban J connectivity index is 2.80. The summed E-state index contributed by atoms with van der Waals surface area (Å²) in [5, 5.41) is 9.95. The Bertz CT molecular complexity index is 589. The van der Waals surface area contributed by atoms with Crippen molar-refractivity contribution in [2.24, 2.45) is 5.92 Å². The van der Waals surface area contributed by atoms with Gasteiger partial charge in [0.15, 0.2) is 0 Å². The van der Waals surface area contributed by atoms with Crippen LogP contribution in [0.1, 0.15) is 12.5 Å². The van der Waals surface area contributed by atoms with Crippen LogP contribution in [0.2, 0.25) is 0 Å². The molecule has 1 aromatic carbocycles. The van der Waals surface area contributed by atoms with Crippen LogP contribution >= 0.6 is 0 Å². The molecule has 0 radical (unpaired) electrons. The number of carbonyl (C=O) groups excluding carboxylic acids is 2. The number of aliphatic hydroxyl groups excluding tert-OH is 1. The topological polar surface area (TPSA) is 100 Å². The molecule has 1 N–H and O–H groups in total. The number of nitrogens with zero attached hydrogens (tertiary/aromatic N) is 2. The highest BCUT2D eigenvalue weighted by molar-refractivity contribution is 6.62. The molecule has 0 saturated carbocycles. The average molecular weight is 288 g/mol. The van der Waals surface area contributed by atoms with Crippen LogP contribution in [0.3, 0.4) is 0 Å². The SMILES string of the molecule is COC(=O)C(=[N+]=[N-])C(=O)[C@@H](C)[C@H](O)/C=C/c1ccccc1. The molecule has 1 rings (SSSR count). The van der Waals surface area contributed by atoms with E-state index in [9.17, 15) is 14.7 Å². The summed E-state index contributed by atoms with van der Waals surface area (Å²) in [5.41, 5.74) is 8.83. The fourth-order valence-electron chi connectivity index (χ4n) is 1.60. The highest BCUT2D eigenvalue weighted by atomic mass is 16.5. The zero-order valence-electron chi connectivity index (χ0n) is 11.8. The average Bonchev–Trinajstić information content (AvgIpc) is 2.53. The summed E-state index contributed by atoms with van der Waals surface area (Å²) >= 11 is 0. The number of hydrogen-bond acceptors (Lipinski definition) is 4. The summed E-state index contributed by atoms with van der Waals surface area (Å²) in [5.74, 6) is -2.79. The van der Waals surface area contributed by atoms with Crippen LogP contribution in [0.15, 0.2) is 36.4 Å². The van der Waals surface area contributed by atoms with Crippen molar-refractivity contribution in [3.8, 4) is 0 Å². The number of ketones is 1. The van der Waals surface area contributed by atoms with Gasteiger partial charge in [0.05, 0.1) is 19.1 Å². The van der Waals surface area contributed by atoms with E-state index < -0.39 is 29.5 Å². The molecule has 0 aromatic heterocycles. The number of ether oxygens (including phenoxy) is 1. The van der Waals surface area contributed by atoms with E-state index >= 15 is 0 Å². The highest BCUT2D eigenvalue weighted by Gasteiger charge is 2.36. The normalized spacial score (nSPS) is 13.3. The minimum absolute atomic E-state index is 0.739. The number of esters is 1. The quantitative estimate of drug-likeness (QED) is 0.278. The monoisotopic (exact) mass is 288 g/mol. The number of rotatable bonds is 6. The number of methoxy groups -OCH3 is 1. The van der Waals surface area contributed by atoms with Gasteiger partial charge >= 0.3 is 11.7 Å². The Labute approximate surface area is 122 Å². The molecular formula is C15H16N2O4. The van der Waals surface area contributed by atoms with E-state index in [1.54, 1.807) is 6.08 Å². The number of aliphatic hydroxyl groups is 1. The van der Waals surface area contributed by atoms with Gasteiger partial charge in [-0.05, 0) is 5.56 Å². The molecule has 21 heavy (non-hydrogen) atoms. The Hall–Kier alpha value is -2.56. The maximum atomic E-state index is 11.9. The standard InChI is InChI=1S/C15H16N2O4/c1-10(14(19)13(17-16)15(20)21-2)12(18)9-8-11-6-4-3-5-7-11/h3-10,12,18H,1-2H3/b9-8+/t10-,12+/m0/s1. The van der Waals surface area contributed by atoms with Crippen molar-refractivity contribution in [1.29, 1.82) is 0 Å². The van der Waals surface area contributed by atoms with E-state index in [2.05, 4.69) is 9.53 Å². The van der Waals surface area contributed by atoms with Crippen LogP contribution in [0, 0.1) is 5.92 Å². The van der Waals surface area contributed by atoms with Crippen LogP contribution in [-0.4, -0.2) is 40.6 Å². The van der Waals surface area contributed by atoms with Crippen molar-refractivity contribution in [3.05, 3.63) is 47.5 Å². The van der Waals surface area contributed by atoms with Crippen LogP contribution < -0.4 is 0 Å². The number of hydrogen-bond donors (Lipinski definition) is 1. The smallest absolute Gasteiger partial charge is 0.441 e. The van der Waals surface area contributed by atoms with Gasteiger partial charge in [-0.3, -0.25) is 4.79 Å². The fraction of sp³-hybridized carbons (Fsp3) is 0.267. The van der Waals surface area contributed by atoms with Gasteiger partial charge in [0.1, 0.15) is 0 Å². The summed E-state index contributed by atoms with van der Waals surface area (Å²) in [6.45, 7) is 1.43. The zero-order valence-corrected chi connectivity index (χ0v) is 11.8. The van der Waals surface area contributed by atoms with Crippen LogP contribution in [0.4, 0.5) is 0 Å². The molecular weight excluding hydrogens is 272 g/mol. The fourth-order valence-corrected chi connectivity index (χ4v) is 1.60. The van der Waals surface area contributed by atoms with E-state index in [1.165, 1.54) is 13.0 Å². The highest BCUT2D eigenvalue weighted by Crippen LogP contribution is 2.10. The van der Waals surface area contributed by atoms with Crippen molar-refractivity contribution in [1.82, 2.24) is 0 Å². The summed E-state index contributed by atoms with van der Waals surface area (Å²) in [7, 11) is 1.07. The Morgan fingerprint density at radius 1 is 1.33 bits per heavy atom. The summed E-state index contributed by atoms with van der Waals surface area (Å²) in [6.07, 6.45) is 1.96. The van der Waals surface area contributed by atoms with Crippen LogP contribution in [-0.2, 0) is 14.3 Å². The lowest BCUT2D eigenvalue weighted by atomic mass is 9.95. The van der Waals surface area contributed by atoms with E-state index in [-0.39, 0.29) is 0 Å². The van der Waals surface area contributed by atoms with E-state index in [0.29, 0.717) is 0 Å². The van der Waals surface area contributed by atoms with Crippen molar-refractivity contribution in [3.63, 3.8) is 0 Å². The lowest BCUT2D eigenvalue weighted by Crippen LogP contribution is -2.35. The molecule has 0 fully saturated rings. The maximum Gasteiger partial charge on any atom is 0.441 e. The van der Waals surface area contributed by atoms with Crippen LogP contribution in [0.5, 0.6) is 0 Å². The molecule has 0 unspecified atom stereocenters. The second-order valence-electron chi connectivity index (χ2n) is 4.35. The third-order valence-corrected chi connectivity index (χ3v) is 2.92. The lowest BCUT2D eigenvalue weighted by molar-refractivity contribution is -0.140. The first-order valence-electron chi connectivity index (χ1n) is 6.27. The van der Waals surface area contributed by atoms with Gasteiger partial charge in [-0.2, -0.15) is 4.79 Å². The second kappa shape index (κ2) is 7.89. The minimum atomic E-state index is -1.13. The summed E-state index contributed by atoms with van der Waals surface area (Å²) in [4.78, 5) is 25.8. The molecule has 0 saturated heterocycles. The lowest BCUT2D eigenvalue weighted by Gasteiger charge is -2.11. The third kappa shape index (κ3) is 4.49. The summed E-state index contributed by atoms with van der Waals surface area (Å²) < 4.78 is 4.33. The molecule has 0 heterocycles. The van der Waals surface area contributed by atoms with Crippen molar-refractivity contribution >= 4 is 23.5 Å². The Morgan fingerprint density at radius 2 is 1.95 bits per heavy atom. The van der Waals surface area contributed by atoms with E-state index in [0.717, 1.165) is 12.7 Å². The molecule has 0 spiro atoms. The molecule has 1 aromatic rings.